The summed E-state index contributed by atoms with van der Waals surface area (Å²) in [4.78, 5) is 14.0. The Kier molecular flexibility index (Phi) is 3.03. The van der Waals surface area contributed by atoms with Crippen molar-refractivity contribution < 1.29 is 9.90 Å². The topological polar surface area (TPSA) is 78.6 Å². The molecule has 1 aliphatic carbocycles. The van der Waals surface area contributed by atoms with E-state index in [1.54, 1.807) is 0 Å². The van der Waals surface area contributed by atoms with E-state index < -0.39 is 6.04 Å². The molecule has 21 heavy (non-hydrogen) atoms. The molecule has 1 amide bonds. The molecule has 4 N–H and O–H groups in total. The zero-order valence-corrected chi connectivity index (χ0v) is 13.1. The molecule has 0 spiro atoms. The van der Waals surface area contributed by atoms with E-state index in [0.717, 1.165) is 47.3 Å². The van der Waals surface area contributed by atoms with Crippen molar-refractivity contribution in [1.82, 2.24) is 0 Å². The van der Waals surface area contributed by atoms with Crippen LogP contribution in [0.1, 0.15) is 24.4 Å². The van der Waals surface area contributed by atoms with Gasteiger partial charge in [0.15, 0.2) is 0 Å². The van der Waals surface area contributed by atoms with Crippen molar-refractivity contribution in [1.29, 1.82) is 0 Å². The van der Waals surface area contributed by atoms with Gasteiger partial charge in [0, 0.05) is 34.7 Å². The molecular weight excluding hydrogens is 334 g/mol. The van der Waals surface area contributed by atoms with Gasteiger partial charge in [-0.2, -0.15) is 0 Å². The highest BCUT2D eigenvalue weighted by atomic mass is 79.9. The van der Waals surface area contributed by atoms with Crippen LogP contribution in [0.4, 0.5) is 11.4 Å². The van der Waals surface area contributed by atoms with Crippen LogP contribution in [0, 0.1) is 11.8 Å². The first-order valence-corrected chi connectivity index (χ1v) is 8.17. The maximum absolute atomic E-state index is 11.7. The first-order valence-electron chi connectivity index (χ1n) is 7.37. The summed E-state index contributed by atoms with van der Waals surface area (Å²) in [6.45, 7) is 1.85. The Hall–Kier alpha value is -1.11. The highest BCUT2D eigenvalue weighted by Crippen LogP contribution is 2.44. The predicted molar refractivity (Wildman–Crippen MR) is 84.1 cm³/mol. The molecule has 1 saturated carbocycles. The molecule has 3 aliphatic rings. The van der Waals surface area contributed by atoms with E-state index in [1.807, 2.05) is 12.1 Å². The third-order valence-electron chi connectivity index (χ3n) is 5.15. The average molecular weight is 352 g/mol. The van der Waals surface area contributed by atoms with Crippen molar-refractivity contribution in [2.45, 2.75) is 25.0 Å². The van der Waals surface area contributed by atoms with E-state index >= 15 is 0 Å². The van der Waals surface area contributed by atoms with Crippen LogP contribution in [-0.4, -0.2) is 30.2 Å². The number of hydrogen-bond acceptors (Lipinski definition) is 4. The van der Waals surface area contributed by atoms with Crippen LogP contribution < -0.4 is 16.0 Å². The van der Waals surface area contributed by atoms with Crippen molar-refractivity contribution in [3.63, 3.8) is 0 Å². The van der Waals surface area contributed by atoms with Crippen LogP contribution in [-0.2, 0) is 4.79 Å². The smallest absolute Gasteiger partial charge is 0.245 e. The second kappa shape index (κ2) is 4.69. The van der Waals surface area contributed by atoms with Gasteiger partial charge < -0.3 is 21.1 Å². The Bertz CT molecular complexity index is 621. The third-order valence-corrected chi connectivity index (χ3v) is 5.79. The van der Waals surface area contributed by atoms with Gasteiger partial charge in [-0.1, -0.05) is 0 Å². The first-order chi connectivity index (χ1) is 10.0. The van der Waals surface area contributed by atoms with Gasteiger partial charge in [0.2, 0.25) is 5.91 Å². The van der Waals surface area contributed by atoms with E-state index in [-0.39, 0.29) is 12.0 Å². The maximum atomic E-state index is 11.7. The van der Waals surface area contributed by atoms with Crippen molar-refractivity contribution >= 4 is 33.2 Å². The molecule has 0 radical (unpaired) electrons. The van der Waals surface area contributed by atoms with Gasteiger partial charge >= 0.3 is 0 Å². The summed E-state index contributed by atoms with van der Waals surface area (Å²) < 4.78 is 0.961. The highest BCUT2D eigenvalue weighted by molar-refractivity contribution is 9.10. The largest absolute Gasteiger partial charge is 0.393 e. The van der Waals surface area contributed by atoms with Crippen LogP contribution >= 0.6 is 15.9 Å². The van der Waals surface area contributed by atoms with Gasteiger partial charge in [-0.3, -0.25) is 4.79 Å². The molecule has 1 aromatic carbocycles. The number of carbonyl (C=O) groups is 1. The fraction of sp³-hybridized carbons (Fsp3) is 0.533. The molecule has 0 aromatic heterocycles. The van der Waals surface area contributed by atoms with Crippen molar-refractivity contribution in [2.75, 3.05) is 23.3 Å². The SMILES string of the molecule is NC1C(=O)Nc2cc(N3CC4CCC(O)C4C3)c(Br)cc21. The number of fused-ring (bicyclic) bond motifs is 2. The highest BCUT2D eigenvalue weighted by Gasteiger charge is 2.42. The summed E-state index contributed by atoms with van der Waals surface area (Å²) in [6, 6.07) is 3.36. The number of rotatable bonds is 1. The Morgan fingerprint density at radius 2 is 2.14 bits per heavy atom. The van der Waals surface area contributed by atoms with Gasteiger partial charge in [-0.05, 0) is 46.8 Å². The molecule has 1 aromatic rings. The van der Waals surface area contributed by atoms with Crippen LogP contribution in [0.25, 0.3) is 0 Å². The molecule has 0 bridgehead atoms. The summed E-state index contributed by atoms with van der Waals surface area (Å²) in [6.07, 6.45) is 1.87. The molecule has 2 heterocycles. The van der Waals surface area contributed by atoms with Gasteiger partial charge in [0.05, 0.1) is 11.8 Å². The number of aliphatic hydroxyl groups excluding tert-OH is 1. The van der Waals surface area contributed by atoms with Crippen LogP contribution in [0.2, 0.25) is 0 Å². The normalized spacial score (nSPS) is 34.0. The zero-order chi connectivity index (χ0) is 14.7. The third kappa shape index (κ3) is 2.00. The Morgan fingerprint density at radius 3 is 2.90 bits per heavy atom. The monoisotopic (exact) mass is 351 g/mol. The Balaban J connectivity index is 1.65. The second-order valence-electron chi connectivity index (χ2n) is 6.33. The zero-order valence-electron chi connectivity index (χ0n) is 11.6. The first kappa shape index (κ1) is 13.5. The van der Waals surface area contributed by atoms with Gasteiger partial charge in [0.25, 0.3) is 0 Å². The van der Waals surface area contributed by atoms with Gasteiger partial charge in [0.1, 0.15) is 6.04 Å². The number of anilines is 2. The number of nitrogens with two attached hydrogens (primary N) is 1. The Labute approximate surface area is 131 Å². The number of benzene rings is 1. The standard InChI is InChI=1S/C15H18BrN3O2/c16-10-3-8-11(18-15(21)14(8)17)4-12(10)19-5-7-1-2-13(20)9(7)6-19/h3-4,7,9,13-14,20H,1-2,5-6,17H2,(H,18,21). The molecule has 6 heteroatoms. The fourth-order valence-corrected chi connectivity index (χ4v) is 4.58. The maximum Gasteiger partial charge on any atom is 0.245 e. The number of halogens is 1. The summed E-state index contributed by atoms with van der Waals surface area (Å²) in [5, 5.41) is 12.9. The number of hydrogen-bond donors (Lipinski definition) is 3. The van der Waals surface area contributed by atoms with Gasteiger partial charge in [-0.15, -0.1) is 0 Å². The molecule has 4 unspecified atom stereocenters. The molecular formula is C15H18BrN3O2. The van der Waals surface area contributed by atoms with E-state index in [2.05, 4.69) is 26.1 Å². The lowest BCUT2D eigenvalue weighted by Gasteiger charge is -2.23. The molecule has 112 valence electrons. The molecule has 4 rings (SSSR count). The van der Waals surface area contributed by atoms with Crippen molar-refractivity contribution in [3.05, 3.63) is 22.2 Å². The molecule has 5 nitrogen and oxygen atoms in total. The summed E-state index contributed by atoms with van der Waals surface area (Å²) in [5.74, 6) is 0.807. The Morgan fingerprint density at radius 1 is 1.33 bits per heavy atom. The summed E-state index contributed by atoms with van der Waals surface area (Å²) in [7, 11) is 0. The van der Waals surface area contributed by atoms with Crippen LogP contribution in [0.3, 0.4) is 0 Å². The van der Waals surface area contributed by atoms with E-state index in [9.17, 15) is 9.90 Å². The van der Waals surface area contributed by atoms with Crippen LogP contribution in [0.5, 0.6) is 0 Å². The lowest BCUT2D eigenvalue weighted by molar-refractivity contribution is -0.116. The summed E-state index contributed by atoms with van der Waals surface area (Å²) >= 11 is 3.60. The van der Waals surface area contributed by atoms with Crippen LogP contribution in [0.15, 0.2) is 16.6 Å². The minimum absolute atomic E-state index is 0.150. The molecule has 2 aliphatic heterocycles. The van der Waals surface area contributed by atoms with Crippen molar-refractivity contribution in [3.8, 4) is 0 Å². The quantitative estimate of drug-likeness (QED) is 0.718. The average Bonchev–Trinajstić information content (AvgIpc) is 3.08. The van der Waals surface area contributed by atoms with E-state index in [0.29, 0.717) is 11.8 Å². The number of carbonyl (C=O) groups excluding carboxylic acids is 1. The molecule has 1 saturated heterocycles. The summed E-state index contributed by atoms with van der Waals surface area (Å²) in [5.41, 5.74) is 8.60. The van der Waals surface area contributed by atoms with Gasteiger partial charge in [-0.25, -0.2) is 0 Å². The van der Waals surface area contributed by atoms with E-state index in [4.69, 9.17) is 5.73 Å². The lowest BCUT2D eigenvalue weighted by Crippen LogP contribution is -2.24. The fourth-order valence-electron chi connectivity index (χ4n) is 3.97. The molecule has 2 fully saturated rings. The minimum Gasteiger partial charge on any atom is -0.393 e. The second-order valence-corrected chi connectivity index (χ2v) is 7.19. The lowest BCUT2D eigenvalue weighted by atomic mass is 10.00. The van der Waals surface area contributed by atoms with Crippen molar-refractivity contribution in [2.24, 2.45) is 17.6 Å². The minimum atomic E-state index is -0.579. The van der Waals surface area contributed by atoms with E-state index in [1.165, 1.54) is 0 Å². The molecule has 4 atom stereocenters. The number of nitrogens with one attached hydrogen (secondary N) is 1. The number of nitrogens with zero attached hydrogens (tertiary/aromatic N) is 1. The predicted octanol–water partition coefficient (Wildman–Crippen LogP) is 1.61. The number of amides is 1. The number of aliphatic hydroxyl groups is 1.